The molecule has 0 aliphatic carbocycles. The summed E-state index contributed by atoms with van der Waals surface area (Å²) in [6.45, 7) is 3.12. The van der Waals surface area contributed by atoms with Crippen molar-refractivity contribution in [2.24, 2.45) is 5.41 Å². The molecule has 0 amide bonds. The molecule has 2 heterocycles. The summed E-state index contributed by atoms with van der Waals surface area (Å²) in [6, 6.07) is 0.809. The van der Waals surface area contributed by atoms with Gasteiger partial charge in [0.1, 0.15) is 0 Å². The number of thioether (sulfide) groups is 1. The zero-order chi connectivity index (χ0) is 11.4. The molecule has 0 N–H and O–H groups in total. The molecule has 1 atom stereocenters. The number of ether oxygens (including phenoxy) is 1. The molecule has 0 saturated carbocycles. The van der Waals surface area contributed by atoms with Crippen LogP contribution in [0.5, 0.6) is 0 Å². The molecule has 2 nitrogen and oxygen atoms in total. The number of hydrogen-bond acceptors (Lipinski definition) is 3. The zero-order valence-electron chi connectivity index (χ0n) is 10.1. The van der Waals surface area contributed by atoms with Crippen molar-refractivity contribution in [3.05, 3.63) is 0 Å². The highest BCUT2D eigenvalue weighted by Crippen LogP contribution is 2.34. The molecule has 4 heteroatoms. The Morgan fingerprint density at radius 2 is 2.19 bits per heavy atom. The van der Waals surface area contributed by atoms with Gasteiger partial charge in [0, 0.05) is 36.9 Å². The first kappa shape index (κ1) is 13.2. The molecule has 0 radical (unpaired) electrons. The maximum absolute atomic E-state index is 5.49. The quantitative estimate of drug-likeness (QED) is 0.741. The Morgan fingerprint density at radius 1 is 1.44 bits per heavy atom. The third kappa shape index (κ3) is 3.15. The Morgan fingerprint density at radius 3 is 2.75 bits per heavy atom. The van der Waals surface area contributed by atoms with Crippen LogP contribution in [0.1, 0.15) is 19.3 Å². The molecule has 94 valence electrons. The number of hydrogen-bond donors (Lipinski definition) is 0. The van der Waals surface area contributed by atoms with Crippen LogP contribution >= 0.6 is 27.7 Å². The fourth-order valence-electron chi connectivity index (χ4n) is 2.67. The van der Waals surface area contributed by atoms with Gasteiger partial charge in [0.05, 0.1) is 0 Å². The Labute approximate surface area is 112 Å². The molecule has 0 bridgehead atoms. The first-order valence-corrected chi connectivity index (χ1v) is 8.45. The molecule has 16 heavy (non-hydrogen) atoms. The van der Waals surface area contributed by atoms with Crippen molar-refractivity contribution in [3.63, 3.8) is 0 Å². The smallest absolute Gasteiger partial charge is 0.0472 e. The van der Waals surface area contributed by atoms with Crippen molar-refractivity contribution < 1.29 is 4.74 Å². The average Bonchev–Trinajstić information content (AvgIpc) is 2.84. The second kappa shape index (κ2) is 6.07. The van der Waals surface area contributed by atoms with Gasteiger partial charge in [-0.05, 0) is 37.5 Å². The van der Waals surface area contributed by atoms with E-state index in [0.29, 0.717) is 5.41 Å². The Bertz CT molecular complexity index is 215. The predicted molar refractivity (Wildman–Crippen MR) is 74.6 cm³/mol. The molecule has 0 aromatic rings. The Hall–Kier alpha value is 0.750. The SMILES string of the molecule is CN(CC1(CBr)CCOCC1)C1CCSC1. The number of alkyl halides is 1. The maximum Gasteiger partial charge on any atom is 0.0472 e. The lowest BCUT2D eigenvalue weighted by Crippen LogP contribution is -2.45. The topological polar surface area (TPSA) is 12.5 Å². The average molecular weight is 308 g/mol. The van der Waals surface area contributed by atoms with Gasteiger partial charge in [-0.3, -0.25) is 0 Å². The minimum absolute atomic E-state index is 0.459. The van der Waals surface area contributed by atoms with Crippen molar-refractivity contribution in [3.8, 4) is 0 Å². The van der Waals surface area contributed by atoms with E-state index in [1.165, 1.54) is 37.3 Å². The molecule has 2 fully saturated rings. The zero-order valence-corrected chi connectivity index (χ0v) is 12.5. The van der Waals surface area contributed by atoms with E-state index in [-0.39, 0.29) is 0 Å². The van der Waals surface area contributed by atoms with Crippen LogP contribution in [0.3, 0.4) is 0 Å². The standard InChI is InChI=1S/C12H22BrNOS/c1-14(11-2-7-16-8-11)10-12(9-13)3-5-15-6-4-12/h11H,2-10H2,1H3. The molecule has 0 aromatic heterocycles. The van der Waals surface area contributed by atoms with Crippen molar-refractivity contribution in [1.29, 1.82) is 0 Å². The van der Waals surface area contributed by atoms with Gasteiger partial charge in [-0.1, -0.05) is 15.9 Å². The minimum atomic E-state index is 0.459. The fraction of sp³-hybridized carbons (Fsp3) is 1.00. The van der Waals surface area contributed by atoms with E-state index in [2.05, 4.69) is 39.6 Å². The van der Waals surface area contributed by atoms with Gasteiger partial charge in [0.15, 0.2) is 0 Å². The van der Waals surface area contributed by atoms with Gasteiger partial charge in [0.2, 0.25) is 0 Å². The second-order valence-electron chi connectivity index (χ2n) is 5.18. The van der Waals surface area contributed by atoms with E-state index in [1.54, 1.807) is 0 Å². The van der Waals surface area contributed by atoms with Crippen LogP contribution in [0.2, 0.25) is 0 Å². The third-order valence-electron chi connectivity index (χ3n) is 3.95. The lowest BCUT2D eigenvalue weighted by Gasteiger charge is -2.40. The summed E-state index contributed by atoms with van der Waals surface area (Å²) in [5, 5.41) is 1.12. The lowest BCUT2D eigenvalue weighted by molar-refractivity contribution is 0.00737. The number of rotatable bonds is 4. The van der Waals surface area contributed by atoms with E-state index in [9.17, 15) is 0 Å². The van der Waals surface area contributed by atoms with Crippen LogP contribution in [-0.2, 0) is 4.74 Å². The summed E-state index contributed by atoms with van der Waals surface area (Å²) < 4.78 is 5.49. The van der Waals surface area contributed by atoms with E-state index in [1.807, 2.05) is 0 Å². The molecule has 2 saturated heterocycles. The lowest BCUT2D eigenvalue weighted by atomic mass is 9.81. The van der Waals surface area contributed by atoms with Crippen molar-refractivity contribution in [1.82, 2.24) is 4.90 Å². The highest BCUT2D eigenvalue weighted by molar-refractivity contribution is 9.09. The summed E-state index contributed by atoms with van der Waals surface area (Å²) in [4.78, 5) is 2.59. The summed E-state index contributed by atoms with van der Waals surface area (Å²) in [6.07, 6.45) is 3.79. The first-order chi connectivity index (χ1) is 7.76. The Kier molecular flexibility index (Phi) is 5.01. The molecular weight excluding hydrogens is 286 g/mol. The van der Waals surface area contributed by atoms with E-state index >= 15 is 0 Å². The second-order valence-corrected chi connectivity index (χ2v) is 6.89. The third-order valence-corrected chi connectivity index (χ3v) is 6.29. The van der Waals surface area contributed by atoms with Crippen LogP contribution in [0.25, 0.3) is 0 Å². The summed E-state index contributed by atoms with van der Waals surface area (Å²) in [7, 11) is 2.30. The van der Waals surface area contributed by atoms with Crippen LogP contribution < -0.4 is 0 Å². The predicted octanol–water partition coefficient (Wildman–Crippen LogP) is 2.62. The largest absolute Gasteiger partial charge is 0.381 e. The normalized spacial score (nSPS) is 29.8. The molecule has 2 aliphatic heterocycles. The van der Waals surface area contributed by atoms with Gasteiger partial charge in [-0.15, -0.1) is 0 Å². The number of halogens is 1. The highest BCUT2D eigenvalue weighted by Gasteiger charge is 2.34. The monoisotopic (exact) mass is 307 g/mol. The summed E-state index contributed by atoms with van der Waals surface area (Å²) in [5.74, 6) is 2.67. The molecular formula is C12H22BrNOS. The molecule has 0 aromatic carbocycles. The van der Waals surface area contributed by atoms with E-state index in [4.69, 9.17) is 4.74 Å². The van der Waals surface area contributed by atoms with Crippen LogP contribution in [0.15, 0.2) is 0 Å². The summed E-state index contributed by atoms with van der Waals surface area (Å²) >= 11 is 5.82. The minimum Gasteiger partial charge on any atom is -0.381 e. The van der Waals surface area contributed by atoms with E-state index < -0.39 is 0 Å². The molecule has 2 rings (SSSR count). The number of nitrogens with zero attached hydrogens (tertiary/aromatic N) is 1. The van der Waals surface area contributed by atoms with Gasteiger partial charge in [-0.2, -0.15) is 11.8 Å². The van der Waals surface area contributed by atoms with Gasteiger partial charge < -0.3 is 9.64 Å². The Balaban J connectivity index is 1.89. The summed E-state index contributed by atoms with van der Waals surface area (Å²) in [5.41, 5.74) is 0.459. The first-order valence-electron chi connectivity index (χ1n) is 6.17. The van der Waals surface area contributed by atoms with Crippen LogP contribution in [0, 0.1) is 5.41 Å². The van der Waals surface area contributed by atoms with Crippen molar-refractivity contribution in [2.75, 3.05) is 43.6 Å². The van der Waals surface area contributed by atoms with Crippen molar-refractivity contribution >= 4 is 27.7 Å². The van der Waals surface area contributed by atoms with Gasteiger partial charge in [-0.25, -0.2) is 0 Å². The van der Waals surface area contributed by atoms with Gasteiger partial charge >= 0.3 is 0 Å². The van der Waals surface area contributed by atoms with Crippen molar-refractivity contribution in [2.45, 2.75) is 25.3 Å². The fourth-order valence-corrected chi connectivity index (χ4v) is 4.70. The molecule has 2 aliphatic rings. The highest BCUT2D eigenvalue weighted by atomic mass is 79.9. The molecule has 0 spiro atoms. The maximum atomic E-state index is 5.49. The van der Waals surface area contributed by atoms with Gasteiger partial charge in [0.25, 0.3) is 0 Å². The molecule has 1 unspecified atom stereocenters. The van der Waals surface area contributed by atoms with E-state index in [0.717, 1.165) is 24.6 Å². The van der Waals surface area contributed by atoms with Crippen LogP contribution in [-0.4, -0.2) is 54.6 Å². The van der Waals surface area contributed by atoms with Crippen LogP contribution in [0.4, 0.5) is 0 Å².